The molecule has 33 heavy (non-hydrogen) atoms. The van der Waals surface area contributed by atoms with Gasteiger partial charge >= 0.3 is 0 Å². The molecule has 9 nitrogen and oxygen atoms in total. The number of H-pyrrole nitrogens is 1. The third-order valence-corrected chi connectivity index (χ3v) is 6.95. The minimum atomic E-state index is -0.243. The summed E-state index contributed by atoms with van der Waals surface area (Å²) in [6.07, 6.45) is 1.57. The Kier molecular flexibility index (Phi) is 4.70. The molecule has 1 fully saturated rings. The molecule has 2 aromatic carbocycles. The zero-order valence-electron chi connectivity index (χ0n) is 17.1. The number of thioether (sulfide) groups is 1. The molecule has 0 bridgehead atoms. The van der Waals surface area contributed by atoms with Crippen molar-refractivity contribution in [3.8, 4) is 5.69 Å². The second-order valence-electron chi connectivity index (χ2n) is 7.57. The fourth-order valence-corrected chi connectivity index (χ4v) is 5.57. The van der Waals surface area contributed by atoms with Gasteiger partial charge in [0, 0.05) is 5.75 Å². The van der Waals surface area contributed by atoms with Crippen molar-refractivity contribution in [3.05, 3.63) is 76.1 Å². The zero-order chi connectivity index (χ0) is 22.5. The molecular formula is C22H17ClN8OS. The molecule has 4 heterocycles. The molecule has 3 N–H and O–H groups in total. The second kappa shape index (κ2) is 7.75. The summed E-state index contributed by atoms with van der Waals surface area (Å²) in [5, 5.41) is 0.771. The van der Waals surface area contributed by atoms with Gasteiger partial charge in [0.1, 0.15) is 11.3 Å². The molecule has 0 radical (unpaired) electrons. The number of nitrogens with zero attached hydrogens (tertiary/aromatic N) is 6. The van der Waals surface area contributed by atoms with Crippen LogP contribution in [0, 0.1) is 0 Å². The first-order chi connectivity index (χ1) is 16.1. The van der Waals surface area contributed by atoms with Crippen molar-refractivity contribution in [2.24, 2.45) is 0 Å². The van der Waals surface area contributed by atoms with Crippen molar-refractivity contribution < 1.29 is 0 Å². The molecule has 1 saturated heterocycles. The molecule has 1 atom stereocenters. The molecule has 0 spiro atoms. The first-order valence-corrected chi connectivity index (χ1v) is 11.7. The van der Waals surface area contributed by atoms with Gasteiger partial charge in [0.05, 0.1) is 39.9 Å². The molecule has 1 aliphatic heterocycles. The number of imidazole rings is 1. The van der Waals surface area contributed by atoms with E-state index in [2.05, 4.69) is 24.8 Å². The van der Waals surface area contributed by atoms with Crippen LogP contribution in [0.1, 0.15) is 11.9 Å². The highest BCUT2D eigenvalue weighted by molar-refractivity contribution is 7.99. The maximum absolute atomic E-state index is 13.7. The van der Waals surface area contributed by atoms with Gasteiger partial charge in [-0.1, -0.05) is 35.9 Å². The number of nitrogens with two attached hydrogens (primary N) is 1. The average molecular weight is 477 g/mol. The Bertz CT molecular complexity index is 1570. The summed E-state index contributed by atoms with van der Waals surface area (Å²) in [6.45, 7) is 0. The van der Waals surface area contributed by atoms with Crippen LogP contribution in [-0.2, 0) is 0 Å². The molecular weight excluding hydrogens is 460 g/mol. The van der Waals surface area contributed by atoms with Crippen LogP contribution in [0.3, 0.4) is 0 Å². The molecule has 1 aliphatic rings. The molecule has 3 aromatic heterocycles. The lowest BCUT2D eigenvalue weighted by Gasteiger charge is -2.27. The van der Waals surface area contributed by atoms with Gasteiger partial charge in [-0.05, 0) is 24.3 Å². The number of hydrogen-bond donors (Lipinski definition) is 2. The predicted molar refractivity (Wildman–Crippen MR) is 131 cm³/mol. The van der Waals surface area contributed by atoms with Crippen LogP contribution in [0.25, 0.3) is 27.8 Å². The van der Waals surface area contributed by atoms with E-state index in [4.69, 9.17) is 22.3 Å². The Morgan fingerprint density at radius 1 is 1.09 bits per heavy atom. The Labute approximate surface area is 196 Å². The average Bonchev–Trinajstić information content (AvgIpc) is 3.48. The lowest BCUT2D eigenvalue weighted by atomic mass is 10.2. The first-order valence-electron chi connectivity index (χ1n) is 10.2. The second-order valence-corrected chi connectivity index (χ2v) is 8.98. The molecule has 5 aromatic rings. The highest BCUT2D eigenvalue weighted by atomic mass is 35.5. The number of anilines is 2. The standard InChI is InChI=1S/C22H17ClN8OS/c23-13-7-4-8-14-16(13)21(32)31(12-5-2-1-3-6-12)19(27-14)15-9-33-11-30(15)20-17-18(26-10-25-17)28-22(24)29-20/h1-8,10,15H,9,11H2,(H3,24,25,26,28,29)/t15-/m0/s1. The van der Waals surface area contributed by atoms with E-state index in [1.807, 2.05) is 36.4 Å². The van der Waals surface area contributed by atoms with Crippen molar-refractivity contribution in [1.82, 2.24) is 29.5 Å². The van der Waals surface area contributed by atoms with Crippen LogP contribution >= 0.6 is 23.4 Å². The number of rotatable bonds is 3. The fourth-order valence-electron chi connectivity index (χ4n) is 4.16. The summed E-state index contributed by atoms with van der Waals surface area (Å²) in [7, 11) is 0. The Hall–Kier alpha value is -3.63. The minimum absolute atomic E-state index is 0.138. The Morgan fingerprint density at radius 3 is 2.79 bits per heavy atom. The van der Waals surface area contributed by atoms with E-state index in [9.17, 15) is 4.79 Å². The molecule has 0 unspecified atom stereocenters. The molecule has 6 rings (SSSR count). The molecule has 0 amide bonds. The van der Waals surface area contributed by atoms with E-state index < -0.39 is 0 Å². The maximum Gasteiger partial charge on any atom is 0.267 e. The van der Waals surface area contributed by atoms with Crippen molar-refractivity contribution in [2.45, 2.75) is 6.04 Å². The number of benzene rings is 2. The zero-order valence-corrected chi connectivity index (χ0v) is 18.7. The van der Waals surface area contributed by atoms with Gasteiger partial charge < -0.3 is 15.6 Å². The van der Waals surface area contributed by atoms with Crippen LogP contribution in [0.4, 0.5) is 11.8 Å². The van der Waals surface area contributed by atoms with Crippen LogP contribution in [0.2, 0.25) is 5.02 Å². The van der Waals surface area contributed by atoms with E-state index in [1.54, 1.807) is 34.8 Å². The molecule has 11 heteroatoms. The van der Waals surface area contributed by atoms with E-state index in [-0.39, 0.29) is 17.5 Å². The van der Waals surface area contributed by atoms with Gasteiger partial charge in [-0.25, -0.2) is 9.97 Å². The van der Waals surface area contributed by atoms with Crippen molar-refractivity contribution in [3.63, 3.8) is 0 Å². The lowest BCUT2D eigenvalue weighted by Crippen LogP contribution is -2.33. The van der Waals surface area contributed by atoms with Gasteiger partial charge in [0.15, 0.2) is 11.5 Å². The largest absolute Gasteiger partial charge is 0.368 e. The number of hydrogen-bond acceptors (Lipinski definition) is 8. The quantitative estimate of drug-likeness (QED) is 0.406. The van der Waals surface area contributed by atoms with Crippen molar-refractivity contribution >= 4 is 57.2 Å². The summed E-state index contributed by atoms with van der Waals surface area (Å²) in [5.41, 5.74) is 8.22. The number of nitrogens with one attached hydrogen (secondary N) is 1. The van der Waals surface area contributed by atoms with Gasteiger partial charge in [-0.15, -0.1) is 11.8 Å². The van der Waals surface area contributed by atoms with Crippen molar-refractivity contribution in [2.75, 3.05) is 22.3 Å². The summed E-state index contributed by atoms with van der Waals surface area (Å²) in [5.74, 6) is 2.73. The molecule has 0 aliphatic carbocycles. The fraction of sp³-hybridized carbons (Fsp3) is 0.136. The number of fused-ring (bicyclic) bond motifs is 2. The smallest absolute Gasteiger partial charge is 0.267 e. The number of nitrogen functional groups attached to an aromatic ring is 1. The first kappa shape index (κ1) is 20.0. The Balaban J connectivity index is 1.62. The normalized spacial score (nSPS) is 16.2. The van der Waals surface area contributed by atoms with E-state index in [1.165, 1.54) is 0 Å². The summed E-state index contributed by atoms with van der Waals surface area (Å²) >= 11 is 8.14. The number of aromatic amines is 1. The van der Waals surface area contributed by atoms with Crippen LogP contribution in [0.5, 0.6) is 0 Å². The third kappa shape index (κ3) is 3.21. The third-order valence-electron chi connectivity index (χ3n) is 5.62. The highest BCUT2D eigenvalue weighted by Gasteiger charge is 2.34. The highest BCUT2D eigenvalue weighted by Crippen LogP contribution is 2.39. The Morgan fingerprint density at radius 2 is 1.94 bits per heavy atom. The molecule has 164 valence electrons. The van der Waals surface area contributed by atoms with Crippen LogP contribution in [-0.4, -0.2) is 41.1 Å². The van der Waals surface area contributed by atoms with E-state index in [0.717, 1.165) is 5.69 Å². The van der Waals surface area contributed by atoms with Gasteiger partial charge in [-0.2, -0.15) is 9.97 Å². The van der Waals surface area contributed by atoms with E-state index >= 15 is 0 Å². The van der Waals surface area contributed by atoms with Crippen LogP contribution in [0.15, 0.2) is 59.7 Å². The van der Waals surface area contributed by atoms with Gasteiger partial charge in [0.25, 0.3) is 5.56 Å². The molecule has 0 saturated carbocycles. The summed E-state index contributed by atoms with van der Waals surface area (Å²) < 4.78 is 1.65. The minimum Gasteiger partial charge on any atom is -0.368 e. The number of para-hydroxylation sites is 1. The summed E-state index contributed by atoms with van der Waals surface area (Å²) in [6, 6.07) is 14.5. The van der Waals surface area contributed by atoms with Gasteiger partial charge in [0.2, 0.25) is 5.95 Å². The number of halogens is 1. The SMILES string of the molecule is Nc1nc(N2CSC[C@H]2c2nc3cccc(Cl)c3c(=O)n2-c2ccccc2)c2[nH]cnc2n1. The maximum atomic E-state index is 13.7. The van der Waals surface area contributed by atoms with Crippen LogP contribution < -0.4 is 16.2 Å². The predicted octanol–water partition coefficient (Wildman–Crippen LogP) is 3.54. The summed E-state index contributed by atoms with van der Waals surface area (Å²) in [4.78, 5) is 36.8. The topological polar surface area (TPSA) is 119 Å². The monoisotopic (exact) mass is 476 g/mol. The van der Waals surface area contributed by atoms with E-state index in [0.29, 0.717) is 50.4 Å². The van der Waals surface area contributed by atoms with Crippen molar-refractivity contribution in [1.29, 1.82) is 0 Å². The lowest BCUT2D eigenvalue weighted by molar-refractivity contribution is 0.669. The number of aromatic nitrogens is 6. The van der Waals surface area contributed by atoms with Gasteiger partial charge in [-0.3, -0.25) is 9.36 Å².